The molecule has 4 nitrogen and oxygen atoms in total. The smallest absolute Gasteiger partial charge is 0.305 e. The highest BCUT2D eigenvalue weighted by Gasteiger charge is 2.18. The van der Waals surface area contributed by atoms with Crippen molar-refractivity contribution in [3.8, 4) is 0 Å². The fraction of sp³-hybridized carbons (Fsp3) is 0.720. The number of unbranched alkanes of at least 4 members (excludes halogenated alkanes) is 10. The van der Waals surface area contributed by atoms with Crippen molar-refractivity contribution in [3.63, 3.8) is 0 Å². The Hall–Kier alpha value is -1.39. The number of aliphatic hydroxyl groups is 1. The molecular weight excluding hydrogens is 364 g/mol. The fourth-order valence-electron chi connectivity index (χ4n) is 3.66. The Labute approximate surface area is 177 Å². The number of carboxylic acids is 1. The summed E-state index contributed by atoms with van der Waals surface area (Å²) in [6.45, 7) is 2.63. The third-order valence-corrected chi connectivity index (χ3v) is 5.41. The van der Waals surface area contributed by atoms with E-state index in [1.807, 2.05) is 30.3 Å². The Kier molecular flexibility index (Phi) is 15.4. The van der Waals surface area contributed by atoms with Crippen molar-refractivity contribution >= 4 is 5.97 Å². The van der Waals surface area contributed by atoms with Crippen LogP contribution in [0, 0.1) is 0 Å². The molecule has 166 valence electrons. The maximum Gasteiger partial charge on any atom is 0.305 e. The van der Waals surface area contributed by atoms with Gasteiger partial charge in [-0.1, -0.05) is 108 Å². The van der Waals surface area contributed by atoms with E-state index in [1.54, 1.807) is 0 Å². The predicted molar refractivity (Wildman–Crippen MR) is 119 cm³/mol. The van der Waals surface area contributed by atoms with Gasteiger partial charge in [-0.2, -0.15) is 0 Å². The highest BCUT2D eigenvalue weighted by molar-refractivity contribution is 5.67. The quantitative estimate of drug-likeness (QED) is 0.257. The summed E-state index contributed by atoms with van der Waals surface area (Å²) in [7, 11) is 0. The number of aliphatic hydroxyl groups excluding tert-OH is 1. The minimum absolute atomic E-state index is 0.0673. The molecule has 0 aliphatic rings. The van der Waals surface area contributed by atoms with Gasteiger partial charge in [0.2, 0.25) is 0 Å². The van der Waals surface area contributed by atoms with Crippen LogP contribution in [0.1, 0.15) is 102 Å². The lowest BCUT2D eigenvalue weighted by Gasteiger charge is -2.20. The van der Waals surface area contributed by atoms with Crippen molar-refractivity contribution in [3.05, 3.63) is 35.9 Å². The number of carbonyl (C=O) groups is 1. The zero-order valence-corrected chi connectivity index (χ0v) is 18.4. The second-order valence-electron chi connectivity index (χ2n) is 8.23. The maximum atomic E-state index is 11.1. The van der Waals surface area contributed by atoms with Crippen LogP contribution < -0.4 is 0 Å². The van der Waals surface area contributed by atoms with Crippen molar-refractivity contribution in [1.82, 2.24) is 0 Å². The summed E-state index contributed by atoms with van der Waals surface area (Å²) in [4.78, 5) is 11.1. The second-order valence-corrected chi connectivity index (χ2v) is 8.23. The van der Waals surface area contributed by atoms with Crippen LogP contribution in [0.5, 0.6) is 0 Å². The van der Waals surface area contributed by atoms with Crippen molar-refractivity contribution in [2.24, 2.45) is 0 Å². The molecule has 0 aliphatic carbocycles. The molecule has 2 N–H and O–H groups in total. The molecular formula is C25H42O4. The van der Waals surface area contributed by atoms with E-state index in [4.69, 9.17) is 9.84 Å². The molecule has 0 aromatic heterocycles. The number of rotatable bonds is 19. The zero-order chi connectivity index (χ0) is 21.2. The van der Waals surface area contributed by atoms with Gasteiger partial charge < -0.3 is 14.9 Å². The van der Waals surface area contributed by atoms with E-state index >= 15 is 0 Å². The van der Waals surface area contributed by atoms with Gasteiger partial charge in [0.05, 0.1) is 25.2 Å². The van der Waals surface area contributed by atoms with Crippen LogP contribution in [0.2, 0.25) is 0 Å². The lowest BCUT2D eigenvalue weighted by molar-refractivity contribution is -0.141. The number of hydrogen-bond acceptors (Lipinski definition) is 3. The van der Waals surface area contributed by atoms with Crippen LogP contribution >= 0.6 is 0 Å². The minimum Gasteiger partial charge on any atom is -0.481 e. The van der Waals surface area contributed by atoms with Crippen molar-refractivity contribution in [2.45, 2.75) is 116 Å². The molecule has 0 aliphatic heterocycles. The molecule has 1 aromatic carbocycles. The number of aliphatic carboxylic acids is 1. The van der Waals surface area contributed by atoms with E-state index < -0.39 is 18.2 Å². The summed E-state index contributed by atoms with van der Waals surface area (Å²) >= 11 is 0. The molecule has 0 amide bonds. The normalized spacial score (nSPS) is 13.3. The predicted octanol–water partition coefficient (Wildman–Crippen LogP) is 6.50. The molecule has 0 radical (unpaired) electrons. The van der Waals surface area contributed by atoms with Gasteiger partial charge >= 0.3 is 5.97 Å². The Morgan fingerprint density at radius 3 is 2.00 bits per heavy atom. The summed E-state index contributed by atoms with van der Waals surface area (Å²) in [6.07, 6.45) is 14.2. The summed E-state index contributed by atoms with van der Waals surface area (Å²) in [5, 5.41) is 19.4. The third-order valence-electron chi connectivity index (χ3n) is 5.41. The SMILES string of the molecule is CCCCCCCCCCCCCC(O)CC(CC(=O)O)OCc1ccccc1. The van der Waals surface area contributed by atoms with Crippen LogP contribution in [0.25, 0.3) is 0 Å². The molecule has 2 atom stereocenters. The molecule has 2 unspecified atom stereocenters. The summed E-state index contributed by atoms with van der Waals surface area (Å²) in [5.74, 6) is -0.884. The molecule has 1 rings (SSSR count). The van der Waals surface area contributed by atoms with Crippen molar-refractivity contribution < 1.29 is 19.7 Å². The number of ether oxygens (including phenoxy) is 1. The van der Waals surface area contributed by atoms with E-state index in [0.717, 1.165) is 24.8 Å². The van der Waals surface area contributed by atoms with E-state index in [9.17, 15) is 9.90 Å². The number of carboxylic acid groups (broad SMARTS) is 1. The Morgan fingerprint density at radius 2 is 1.45 bits per heavy atom. The van der Waals surface area contributed by atoms with Crippen LogP contribution in [-0.2, 0) is 16.1 Å². The average molecular weight is 407 g/mol. The van der Waals surface area contributed by atoms with E-state index in [0.29, 0.717) is 13.0 Å². The Balaban J connectivity index is 2.10. The van der Waals surface area contributed by atoms with Gasteiger partial charge in [-0.25, -0.2) is 0 Å². The topological polar surface area (TPSA) is 66.8 Å². The van der Waals surface area contributed by atoms with Gasteiger partial charge in [-0.15, -0.1) is 0 Å². The largest absolute Gasteiger partial charge is 0.481 e. The van der Waals surface area contributed by atoms with Gasteiger partial charge in [0.15, 0.2) is 0 Å². The third kappa shape index (κ3) is 15.2. The average Bonchev–Trinajstić information content (AvgIpc) is 2.70. The first kappa shape index (κ1) is 25.6. The first-order chi connectivity index (χ1) is 14.1. The molecule has 29 heavy (non-hydrogen) atoms. The summed E-state index contributed by atoms with van der Waals surface area (Å²) in [6, 6.07) is 9.73. The van der Waals surface area contributed by atoms with Gasteiger partial charge in [0.25, 0.3) is 0 Å². The molecule has 1 aromatic rings. The minimum atomic E-state index is -0.884. The van der Waals surface area contributed by atoms with E-state index in [-0.39, 0.29) is 6.42 Å². The standard InChI is InChI=1S/C25H42O4/c1-2-3-4-5-6-7-8-9-10-11-15-18-23(26)19-24(20-25(27)28)29-21-22-16-13-12-14-17-22/h12-14,16-17,23-24,26H,2-11,15,18-21H2,1H3,(H,27,28). The molecule has 4 heteroatoms. The van der Waals surface area contributed by atoms with Crippen molar-refractivity contribution in [1.29, 1.82) is 0 Å². The second kappa shape index (κ2) is 17.5. The molecule has 0 saturated heterocycles. The Bertz CT molecular complexity index is 503. The molecule has 0 bridgehead atoms. The van der Waals surface area contributed by atoms with Gasteiger partial charge in [-0.05, 0) is 12.0 Å². The van der Waals surface area contributed by atoms with E-state index in [2.05, 4.69) is 6.92 Å². The summed E-state index contributed by atoms with van der Waals surface area (Å²) < 4.78 is 5.78. The van der Waals surface area contributed by atoms with Crippen LogP contribution in [0.3, 0.4) is 0 Å². The molecule has 0 heterocycles. The lowest BCUT2D eigenvalue weighted by Crippen LogP contribution is -2.24. The van der Waals surface area contributed by atoms with Gasteiger partial charge in [0.1, 0.15) is 0 Å². The van der Waals surface area contributed by atoms with Crippen LogP contribution in [-0.4, -0.2) is 28.4 Å². The first-order valence-corrected chi connectivity index (χ1v) is 11.7. The first-order valence-electron chi connectivity index (χ1n) is 11.7. The zero-order valence-electron chi connectivity index (χ0n) is 18.4. The highest BCUT2D eigenvalue weighted by Crippen LogP contribution is 2.17. The lowest BCUT2D eigenvalue weighted by atomic mass is 10.0. The van der Waals surface area contributed by atoms with Crippen LogP contribution in [0.4, 0.5) is 0 Å². The number of hydrogen-bond donors (Lipinski definition) is 2. The van der Waals surface area contributed by atoms with Gasteiger partial charge in [0, 0.05) is 6.42 Å². The highest BCUT2D eigenvalue weighted by atomic mass is 16.5. The molecule has 0 spiro atoms. The van der Waals surface area contributed by atoms with Crippen LogP contribution in [0.15, 0.2) is 30.3 Å². The summed E-state index contributed by atoms with van der Waals surface area (Å²) in [5.41, 5.74) is 1.02. The molecule has 0 saturated carbocycles. The van der Waals surface area contributed by atoms with E-state index in [1.165, 1.54) is 57.8 Å². The van der Waals surface area contributed by atoms with Crippen molar-refractivity contribution in [2.75, 3.05) is 0 Å². The molecule has 0 fully saturated rings. The van der Waals surface area contributed by atoms with Gasteiger partial charge in [-0.3, -0.25) is 4.79 Å². The number of benzene rings is 1. The maximum absolute atomic E-state index is 11.1. The Morgan fingerprint density at radius 1 is 0.897 bits per heavy atom. The fourth-order valence-corrected chi connectivity index (χ4v) is 3.66. The monoisotopic (exact) mass is 406 g/mol.